The first-order chi connectivity index (χ1) is 10.8. The molecule has 1 fully saturated rings. The Bertz CT molecular complexity index is 583. The van der Waals surface area contributed by atoms with E-state index in [0.29, 0.717) is 5.02 Å². The predicted molar refractivity (Wildman–Crippen MR) is 89.5 cm³/mol. The van der Waals surface area contributed by atoms with Crippen molar-refractivity contribution in [2.45, 2.75) is 25.4 Å². The molecule has 0 saturated carbocycles. The van der Waals surface area contributed by atoms with Gasteiger partial charge in [-0.25, -0.2) is 0 Å². The zero-order valence-corrected chi connectivity index (χ0v) is 13.4. The molecule has 0 N–H and O–H groups in total. The van der Waals surface area contributed by atoms with Gasteiger partial charge >= 0.3 is 0 Å². The molecule has 0 bridgehead atoms. The van der Waals surface area contributed by atoms with Crippen LogP contribution >= 0.6 is 11.6 Å². The third-order valence-corrected chi connectivity index (χ3v) is 4.39. The minimum atomic E-state index is 0.269. The van der Waals surface area contributed by atoms with Gasteiger partial charge in [0.2, 0.25) is 0 Å². The van der Waals surface area contributed by atoms with E-state index in [1.807, 2.05) is 42.6 Å². The van der Waals surface area contributed by atoms with Gasteiger partial charge in [0.1, 0.15) is 11.9 Å². The lowest BCUT2D eigenvalue weighted by molar-refractivity contribution is 0.101. The molecular weight excluding hydrogens is 296 g/mol. The van der Waals surface area contributed by atoms with E-state index in [9.17, 15) is 0 Å². The lowest BCUT2D eigenvalue weighted by atomic mass is 10.1. The summed E-state index contributed by atoms with van der Waals surface area (Å²) < 4.78 is 6.03. The number of hydrogen-bond donors (Lipinski definition) is 0. The van der Waals surface area contributed by atoms with Crippen LogP contribution in [0.2, 0.25) is 5.02 Å². The van der Waals surface area contributed by atoms with Crippen LogP contribution in [0.5, 0.6) is 5.75 Å². The summed E-state index contributed by atoms with van der Waals surface area (Å²) in [4.78, 5) is 6.86. The molecule has 1 aliphatic heterocycles. The Hall–Kier alpha value is -1.58. The molecule has 1 aromatic carbocycles. The van der Waals surface area contributed by atoms with E-state index in [0.717, 1.165) is 50.3 Å². The van der Waals surface area contributed by atoms with Crippen molar-refractivity contribution in [1.82, 2.24) is 9.88 Å². The Morgan fingerprint density at radius 1 is 1.09 bits per heavy atom. The zero-order valence-electron chi connectivity index (χ0n) is 12.6. The van der Waals surface area contributed by atoms with Crippen LogP contribution in [-0.4, -0.2) is 35.6 Å². The second-order valence-electron chi connectivity index (χ2n) is 5.66. The lowest BCUT2D eigenvalue weighted by Crippen LogP contribution is -2.39. The number of halogens is 1. The number of rotatable bonds is 5. The predicted octanol–water partition coefficient (Wildman–Crippen LogP) is 3.82. The molecule has 0 unspecified atom stereocenters. The number of aromatic nitrogens is 1. The summed E-state index contributed by atoms with van der Waals surface area (Å²) in [6, 6.07) is 13.8. The molecule has 1 aromatic heterocycles. The molecule has 2 heterocycles. The SMILES string of the molecule is Clc1ccccc1OC1CCN(CCc2ccccn2)CC1. The molecule has 0 aliphatic carbocycles. The Morgan fingerprint density at radius 3 is 2.59 bits per heavy atom. The highest BCUT2D eigenvalue weighted by atomic mass is 35.5. The third-order valence-electron chi connectivity index (χ3n) is 4.08. The molecule has 4 heteroatoms. The summed E-state index contributed by atoms with van der Waals surface area (Å²) in [6.07, 6.45) is 5.24. The number of nitrogens with zero attached hydrogens (tertiary/aromatic N) is 2. The number of ether oxygens (including phenoxy) is 1. The van der Waals surface area contributed by atoms with Crippen LogP contribution in [-0.2, 0) is 6.42 Å². The summed E-state index contributed by atoms with van der Waals surface area (Å²) in [5, 5.41) is 0.695. The van der Waals surface area contributed by atoms with Crippen molar-refractivity contribution in [3.05, 3.63) is 59.4 Å². The van der Waals surface area contributed by atoms with Gasteiger partial charge < -0.3 is 9.64 Å². The summed E-state index contributed by atoms with van der Waals surface area (Å²) in [5.74, 6) is 0.802. The molecule has 3 rings (SSSR count). The van der Waals surface area contributed by atoms with Crippen molar-refractivity contribution in [2.75, 3.05) is 19.6 Å². The Morgan fingerprint density at radius 2 is 1.86 bits per heavy atom. The molecule has 0 amide bonds. The Kier molecular flexibility index (Phi) is 5.30. The fourth-order valence-corrected chi connectivity index (χ4v) is 2.97. The molecule has 1 aliphatic rings. The van der Waals surface area contributed by atoms with Gasteiger partial charge in [0.15, 0.2) is 0 Å². The number of para-hydroxylation sites is 1. The minimum absolute atomic E-state index is 0.269. The second kappa shape index (κ2) is 7.61. The lowest BCUT2D eigenvalue weighted by Gasteiger charge is -2.32. The van der Waals surface area contributed by atoms with E-state index in [-0.39, 0.29) is 6.10 Å². The van der Waals surface area contributed by atoms with Gasteiger partial charge in [-0.15, -0.1) is 0 Å². The fraction of sp³-hybridized carbons (Fsp3) is 0.389. The zero-order chi connectivity index (χ0) is 15.2. The maximum absolute atomic E-state index is 6.15. The standard InChI is InChI=1S/C18H21ClN2O/c19-17-6-1-2-7-18(17)22-16-9-13-21(14-10-16)12-8-15-5-3-4-11-20-15/h1-7,11,16H,8-10,12-14H2. The normalized spacial score (nSPS) is 16.6. The molecule has 0 radical (unpaired) electrons. The van der Waals surface area contributed by atoms with Gasteiger partial charge in [0.05, 0.1) is 5.02 Å². The van der Waals surface area contributed by atoms with Crippen molar-refractivity contribution >= 4 is 11.6 Å². The van der Waals surface area contributed by atoms with Crippen LogP contribution in [0.25, 0.3) is 0 Å². The van der Waals surface area contributed by atoms with Gasteiger partial charge in [-0.1, -0.05) is 29.8 Å². The monoisotopic (exact) mass is 316 g/mol. The van der Waals surface area contributed by atoms with Crippen molar-refractivity contribution in [3.8, 4) is 5.75 Å². The topological polar surface area (TPSA) is 25.4 Å². The Balaban J connectivity index is 1.44. The van der Waals surface area contributed by atoms with Crippen LogP contribution in [0.3, 0.4) is 0 Å². The van der Waals surface area contributed by atoms with E-state index in [1.165, 1.54) is 0 Å². The van der Waals surface area contributed by atoms with Crippen LogP contribution in [0.4, 0.5) is 0 Å². The van der Waals surface area contributed by atoms with Crippen molar-refractivity contribution in [3.63, 3.8) is 0 Å². The summed E-state index contributed by atoms with van der Waals surface area (Å²) >= 11 is 6.15. The van der Waals surface area contributed by atoms with Gasteiger partial charge in [-0.2, -0.15) is 0 Å². The number of likely N-dealkylation sites (tertiary alicyclic amines) is 1. The fourth-order valence-electron chi connectivity index (χ4n) is 2.79. The number of piperidine rings is 1. The molecular formula is C18H21ClN2O. The van der Waals surface area contributed by atoms with Crippen LogP contribution < -0.4 is 4.74 Å². The highest BCUT2D eigenvalue weighted by Gasteiger charge is 2.20. The van der Waals surface area contributed by atoms with Gasteiger partial charge in [-0.05, 0) is 37.1 Å². The van der Waals surface area contributed by atoms with Crippen molar-refractivity contribution in [2.24, 2.45) is 0 Å². The third kappa shape index (κ3) is 4.21. The molecule has 2 aromatic rings. The van der Waals surface area contributed by atoms with Crippen molar-refractivity contribution < 1.29 is 4.74 Å². The molecule has 22 heavy (non-hydrogen) atoms. The number of benzene rings is 1. The second-order valence-corrected chi connectivity index (χ2v) is 6.07. The Labute approximate surface area is 136 Å². The maximum atomic E-state index is 6.15. The average Bonchev–Trinajstić information content (AvgIpc) is 2.57. The largest absolute Gasteiger partial charge is 0.489 e. The van der Waals surface area contributed by atoms with Crippen molar-refractivity contribution in [1.29, 1.82) is 0 Å². The quantitative estimate of drug-likeness (QED) is 0.838. The molecule has 0 spiro atoms. The first-order valence-corrected chi connectivity index (χ1v) is 8.22. The van der Waals surface area contributed by atoms with E-state index < -0.39 is 0 Å². The van der Waals surface area contributed by atoms with E-state index in [2.05, 4.69) is 16.0 Å². The van der Waals surface area contributed by atoms with Gasteiger partial charge in [0.25, 0.3) is 0 Å². The first kappa shape index (κ1) is 15.3. The van der Waals surface area contributed by atoms with E-state index in [1.54, 1.807) is 0 Å². The molecule has 3 nitrogen and oxygen atoms in total. The summed E-state index contributed by atoms with van der Waals surface area (Å²) in [7, 11) is 0. The van der Waals surface area contributed by atoms with E-state index >= 15 is 0 Å². The van der Waals surface area contributed by atoms with Crippen LogP contribution in [0.15, 0.2) is 48.7 Å². The highest BCUT2D eigenvalue weighted by molar-refractivity contribution is 6.32. The maximum Gasteiger partial charge on any atom is 0.138 e. The van der Waals surface area contributed by atoms with E-state index in [4.69, 9.17) is 16.3 Å². The number of pyridine rings is 1. The minimum Gasteiger partial charge on any atom is -0.489 e. The molecule has 116 valence electrons. The number of hydrogen-bond acceptors (Lipinski definition) is 3. The molecule has 0 atom stereocenters. The summed E-state index contributed by atoms with van der Waals surface area (Å²) in [6.45, 7) is 3.21. The molecule has 1 saturated heterocycles. The average molecular weight is 317 g/mol. The first-order valence-electron chi connectivity index (χ1n) is 7.85. The van der Waals surface area contributed by atoms with Gasteiger partial charge in [-0.3, -0.25) is 4.98 Å². The summed E-state index contributed by atoms with van der Waals surface area (Å²) in [5.41, 5.74) is 1.16. The smallest absolute Gasteiger partial charge is 0.138 e. The highest BCUT2D eigenvalue weighted by Crippen LogP contribution is 2.26. The van der Waals surface area contributed by atoms with Crippen LogP contribution in [0, 0.1) is 0 Å². The van der Waals surface area contributed by atoms with Crippen LogP contribution in [0.1, 0.15) is 18.5 Å². The van der Waals surface area contributed by atoms with Gasteiger partial charge in [0, 0.05) is 37.9 Å².